The minimum Gasteiger partial charge on any atom is -0.423 e. The lowest BCUT2D eigenvalue weighted by Crippen LogP contribution is -2.08. The van der Waals surface area contributed by atoms with Crippen molar-refractivity contribution in [3.63, 3.8) is 0 Å². The standard InChI is InChI=1S/C19H15N3O2/c1-14-4-6-15(7-5-14)19(23)24-18-10-8-16(9-11-18)21-22-17-3-2-12-20-13-17/h2-13H,1H3. The van der Waals surface area contributed by atoms with Crippen LogP contribution in [0.2, 0.25) is 0 Å². The molecule has 0 fully saturated rings. The minimum absolute atomic E-state index is 0.389. The summed E-state index contributed by atoms with van der Waals surface area (Å²) in [4.78, 5) is 16.0. The quantitative estimate of drug-likeness (QED) is 0.385. The van der Waals surface area contributed by atoms with Gasteiger partial charge in [-0.25, -0.2) is 4.79 Å². The van der Waals surface area contributed by atoms with Crippen LogP contribution < -0.4 is 4.74 Å². The Morgan fingerprint density at radius 1 is 0.917 bits per heavy atom. The van der Waals surface area contributed by atoms with Gasteiger partial charge in [-0.2, -0.15) is 5.11 Å². The fourth-order valence-electron chi connectivity index (χ4n) is 1.96. The number of azo groups is 1. The van der Waals surface area contributed by atoms with E-state index in [0.29, 0.717) is 22.7 Å². The molecule has 0 atom stereocenters. The second-order valence-electron chi connectivity index (χ2n) is 5.16. The van der Waals surface area contributed by atoms with Crippen LogP contribution in [-0.4, -0.2) is 11.0 Å². The van der Waals surface area contributed by atoms with Crippen molar-refractivity contribution in [1.29, 1.82) is 0 Å². The Bertz CT molecular complexity index is 842. The van der Waals surface area contributed by atoms with Gasteiger partial charge in [0.2, 0.25) is 0 Å². The topological polar surface area (TPSA) is 63.9 Å². The summed E-state index contributed by atoms with van der Waals surface area (Å²) in [5.41, 5.74) is 2.94. The summed E-state index contributed by atoms with van der Waals surface area (Å²) in [6, 6.07) is 17.7. The van der Waals surface area contributed by atoms with Gasteiger partial charge in [0.25, 0.3) is 0 Å². The van der Waals surface area contributed by atoms with Crippen LogP contribution in [0.3, 0.4) is 0 Å². The van der Waals surface area contributed by atoms with E-state index in [-0.39, 0.29) is 5.97 Å². The van der Waals surface area contributed by atoms with E-state index in [1.165, 1.54) is 0 Å². The molecular formula is C19H15N3O2. The van der Waals surface area contributed by atoms with Crippen molar-refractivity contribution in [3.8, 4) is 5.75 Å². The molecule has 2 aromatic carbocycles. The van der Waals surface area contributed by atoms with E-state index in [4.69, 9.17) is 4.74 Å². The number of aryl methyl sites for hydroxylation is 1. The predicted molar refractivity (Wildman–Crippen MR) is 91.0 cm³/mol. The van der Waals surface area contributed by atoms with Crippen molar-refractivity contribution in [3.05, 3.63) is 84.2 Å². The second kappa shape index (κ2) is 7.28. The monoisotopic (exact) mass is 317 g/mol. The van der Waals surface area contributed by atoms with Crippen LogP contribution in [-0.2, 0) is 0 Å². The van der Waals surface area contributed by atoms with E-state index < -0.39 is 0 Å². The summed E-state index contributed by atoms with van der Waals surface area (Å²) in [6.07, 6.45) is 3.30. The van der Waals surface area contributed by atoms with E-state index in [9.17, 15) is 4.79 Å². The molecule has 24 heavy (non-hydrogen) atoms. The van der Waals surface area contributed by atoms with Gasteiger partial charge >= 0.3 is 5.97 Å². The van der Waals surface area contributed by atoms with Gasteiger partial charge in [-0.05, 0) is 55.5 Å². The Morgan fingerprint density at radius 2 is 1.62 bits per heavy atom. The molecule has 0 radical (unpaired) electrons. The molecule has 0 bridgehead atoms. The van der Waals surface area contributed by atoms with Crippen LogP contribution in [0.1, 0.15) is 15.9 Å². The summed E-state index contributed by atoms with van der Waals surface area (Å²) < 4.78 is 5.34. The van der Waals surface area contributed by atoms with Crippen molar-refractivity contribution in [1.82, 2.24) is 4.98 Å². The van der Waals surface area contributed by atoms with Gasteiger partial charge in [-0.15, -0.1) is 5.11 Å². The Morgan fingerprint density at radius 3 is 2.29 bits per heavy atom. The first-order valence-corrected chi connectivity index (χ1v) is 7.41. The first-order chi connectivity index (χ1) is 11.7. The largest absolute Gasteiger partial charge is 0.423 e. The van der Waals surface area contributed by atoms with Gasteiger partial charge < -0.3 is 4.74 Å². The maximum atomic E-state index is 12.0. The molecule has 0 aliphatic rings. The van der Waals surface area contributed by atoms with Gasteiger partial charge in [0.15, 0.2) is 0 Å². The number of pyridine rings is 1. The highest BCUT2D eigenvalue weighted by Gasteiger charge is 2.07. The van der Waals surface area contributed by atoms with Crippen molar-refractivity contribution < 1.29 is 9.53 Å². The molecule has 0 N–H and O–H groups in total. The highest BCUT2D eigenvalue weighted by atomic mass is 16.5. The Kier molecular flexibility index (Phi) is 4.72. The molecule has 0 unspecified atom stereocenters. The lowest BCUT2D eigenvalue weighted by atomic mass is 10.1. The molecule has 0 saturated carbocycles. The minimum atomic E-state index is -0.389. The van der Waals surface area contributed by atoms with Crippen LogP contribution >= 0.6 is 0 Å². The molecule has 1 heterocycles. The summed E-state index contributed by atoms with van der Waals surface area (Å²) in [5.74, 6) is 0.0700. The highest BCUT2D eigenvalue weighted by molar-refractivity contribution is 5.91. The first-order valence-electron chi connectivity index (χ1n) is 7.41. The van der Waals surface area contributed by atoms with Crippen LogP contribution in [0.5, 0.6) is 5.75 Å². The van der Waals surface area contributed by atoms with E-state index >= 15 is 0 Å². The van der Waals surface area contributed by atoms with Crippen LogP contribution in [0.15, 0.2) is 83.3 Å². The number of hydrogen-bond donors (Lipinski definition) is 0. The van der Waals surface area contributed by atoms with Crippen molar-refractivity contribution >= 4 is 17.3 Å². The summed E-state index contributed by atoms with van der Waals surface area (Å²) in [6.45, 7) is 1.97. The first kappa shape index (κ1) is 15.6. The number of nitrogens with zero attached hydrogens (tertiary/aromatic N) is 3. The maximum Gasteiger partial charge on any atom is 0.343 e. The zero-order valence-electron chi connectivity index (χ0n) is 13.1. The van der Waals surface area contributed by atoms with E-state index in [1.54, 1.807) is 54.9 Å². The smallest absolute Gasteiger partial charge is 0.343 e. The molecule has 0 aliphatic carbocycles. The third-order valence-electron chi connectivity index (χ3n) is 3.26. The van der Waals surface area contributed by atoms with Crippen LogP contribution in [0.25, 0.3) is 0 Å². The summed E-state index contributed by atoms with van der Waals surface area (Å²) in [7, 11) is 0. The second-order valence-corrected chi connectivity index (χ2v) is 5.16. The Balaban J connectivity index is 1.65. The number of carbonyl (C=O) groups is 1. The van der Waals surface area contributed by atoms with Crippen molar-refractivity contribution in [2.75, 3.05) is 0 Å². The lowest BCUT2D eigenvalue weighted by molar-refractivity contribution is 0.0735. The van der Waals surface area contributed by atoms with Crippen LogP contribution in [0, 0.1) is 6.92 Å². The Labute approximate surface area is 139 Å². The molecule has 0 aliphatic heterocycles. The molecule has 0 saturated heterocycles. The van der Waals surface area contributed by atoms with E-state index in [0.717, 1.165) is 5.56 Å². The molecule has 3 rings (SSSR count). The molecule has 118 valence electrons. The zero-order valence-corrected chi connectivity index (χ0v) is 13.1. The lowest BCUT2D eigenvalue weighted by Gasteiger charge is -2.04. The maximum absolute atomic E-state index is 12.0. The zero-order chi connectivity index (χ0) is 16.8. The van der Waals surface area contributed by atoms with Gasteiger partial charge in [0.1, 0.15) is 11.4 Å². The average Bonchev–Trinajstić information content (AvgIpc) is 2.62. The number of esters is 1. The third kappa shape index (κ3) is 4.10. The molecular weight excluding hydrogens is 302 g/mol. The van der Waals surface area contributed by atoms with E-state index in [1.807, 2.05) is 25.1 Å². The normalized spacial score (nSPS) is 10.7. The third-order valence-corrected chi connectivity index (χ3v) is 3.26. The van der Waals surface area contributed by atoms with Gasteiger partial charge in [-0.1, -0.05) is 17.7 Å². The molecule has 3 aromatic rings. The van der Waals surface area contributed by atoms with Gasteiger partial charge in [0, 0.05) is 6.20 Å². The molecule has 0 spiro atoms. The summed E-state index contributed by atoms with van der Waals surface area (Å²) in [5, 5.41) is 8.19. The number of carbonyl (C=O) groups excluding carboxylic acids is 1. The predicted octanol–water partition coefficient (Wildman–Crippen LogP) is 5.02. The average molecular weight is 317 g/mol. The summed E-state index contributed by atoms with van der Waals surface area (Å²) >= 11 is 0. The fourth-order valence-corrected chi connectivity index (χ4v) is 1.96. The number of rotatable bonds is 4. The van der Waals surface area contributed by atoms with Gasteiger partial charge in [0.05, 0.1) is 17.4 Å². The van der Waals surface area contributed by atoms with E-state index in [2.05, 4.69) is 15.2 Å². The van der Waals surface area contributed by atoms with Crippen molar-refractivity contribution in [2.45, 2.75) is 6.92 Å². The fraction of sp³-hybridized carbons (Fsp3) is 0.0526. The SMILES string of the molecule is Cc1ccc(C(=O)Oc2ccc(N=Nc3cccnc3)cc2)cc1. The Hall–Kier alpha value is -3.34. The molecule has 1 aromatic heterocycles. The number of benzene rings is 2. The van der Waals surface area contributed by atoms with Crippen molar-refractivity contribution in [2.24, 2.45) is 10.2 Å². The number of ether oxygens (including phenoxy) is 1. The van der Waals surface area contributed by atoms with Gasteiger partial charge in [-0.3, -0.25) is 4.98 Å². The molecule has 0 amide bonds. The number of aromatic nitrogens is 1. The highest BCUT2D eigenvalue weighted by Crippen LogP contribution is 2.21. The molecule has 5 heteroatoms. The molecule has 5 nitrogen and oxygen atoms in total. The number of hydrogen-bond acceptors (Lipinski definition) is 5. The van der Waals surface area contributed by atoms with Crippen LogP contribution in [0.4, 0.5) is 11.4 Å².